The van der Waals surface area contributed by atoms with Crippen LogP contribution in [0.25, 0.3) is 0 Å². The van der Waals surface area contributed by atoms with Crippen LogP contribution in [0.2, 0.25) is 0 Å². The average molecular weight is 501 g/mol. The number of hydrogen-bond donors (Lipinski definition) is 2. The topological polar surface area (TPSA) is 109 Å². The number of halogens is 4. The number of benzene rings is 2. The van der Waals surface area contributed by atoms with Crippen molar-refractivity contribution in [2.45, 2.75) is 62.2 Å². The molecule has 0 amide bonds. The molecule has 0 aliphatic heterocycles. The molecule has 2 rings (SSSR count). The Labute approximate surface area is 184 Å². The minimum atomic E-state index is -5.39. The van der Waals surface area contributed by atoms with Gasteiger partial charge in [-0.05, 0) is 42.4 Å². The molecule has 2 aromatic carbocycles. The number of hydrogen-bond acceptors (Lipinski definition) is 4. The Bertz CT molecular complexity index is 1130. The molecule has 0 fully saturated rings. The van der Waals surface area contributed by atoms with Crippen LogP contribution in [0.15, 0.2) is 34.1 Å². The Morgan fingerprint density at radius 3 is 1.44 bits per heavy atom. The molecule has 32 heavy (non-hydrogen) atoms. The van der Waals surface area contributed by atoms with Crippen LogP contribution in [0.5, 0.6) is 0 Å². The summed E-state index contributed by atoms with van der Waals surface area (Å²) in [6.45, 7) is 7.01. The molecule has 0 aromatic heterocycles. The molecule has 6 nitrogen and oxygen atoms in total. The fourth-order valence-corrected chi connectivity index (χ4v) is 3.81. The van der Waals surface area contributed by atoms with Gasteiger partial charge >= 0.3 is 10.1 Å². The first-order valence-corrected chi connectivity index (χ1v) is 12.4. The highest BCUT2D eigenvalue weighted by molar-refractivity contribution is 7.86. The molecule has 0 radical (unpaired) electrons. The van der Waals surface area contributed by atoms with Crippen LogP contribution in [-0.4, -0.2) is 25.9 Å². The molecule has 2 atom stereocenters. The normalized spacial score (nSPS) is 13.8. The van der Waals surface area contributed by atoms with Crippen molar-refractivity contribution in [2.75, 3.05) is 0 Å². The summed E-state index contributed by atoms with van der Waals surface area (Å²) in [5.41, 5.74) is 0.208. The third-order valence-electron chi connectivity index (χ3n) is 4.98. The molecule has 2 unspecified atom stereocenters. The van der Waals surface area contributed by atoms with Gasteiger partial charge in [0.15, 0.2) is 28.2 Å². The van der Waals surface area contributed by atoms with E-state index in [4.69, 9.17) is 9.11 Å². The average Bonchev–Trinajstić information content (AvgIpc) is 2.70. The van der Waals surface area contributed by atoms with Crippen LogP contribution < -0.4 is 0 Å². The van der Waals surface area contributed by atoms with E-state index < -0.39 is 59.9 Å². The van der Waals surface area contributed by atoms with Gasteiger partial charge in [0.25, 0.3) is 10.1 Å². The lowest BCUT2D eigenvalue weighted by Crippen LogP contribution is -2.14. The van der Waals surface area contributed by atoms with Crippen LogP contribution in [0.1, 0.15) is 63.5 Å². The second kappa shape index (κ2) is 10.7. The van der Waals surface area contributed by atoms with Gasteiger partial charge in [-0.25, -0.2) is 17.6 Å². The highest BCUT2D eigenvalue weighted by Crippen LogP contribution is 2.32. The molecule has 0 spiro atoms. The van der Waals surface area contributed by atoms with E-state index in [-0.39, 0.29) is 11.3 Å². The van der Waals surface area contributed by atoms with E-state index in [9.17, 15) is 34.4 Å². The predicted molar refractivity (Wildman–Crippen MR) is 110 cm³/mol. The third-order valence-corrected chi connectivity index (χ3v) is 6.72. The van der Waals surface area contributed by atoms with Crippen molar-refractivity contribution in [1.29, 1.82) is 0 Å². The summed E-state index contributed by atoms with van der Waals surface area (Å²) in [5, 5.41) is 0. The Balaban J connectivity index is 0.000000330. The first kappa shape index (κ1) is 28.0. The molecule has 12 heteroatoms. The van der Waals surface area contributed by atoms with E-state index in [1.807, 2.05) is 0 Å². The van der Waals surface area contributed by atoms with Gasteiger partial charge in [0.1, 0.15) is 0 Å². The lowest BCUT2D eigenvalue weighted by Gasteiger charge is -2.14. The lowest BCUT2D eigenvalue weighted by molar-refractivity contribution is 0.387. The largest absolute Gasteiger partial charge is 0.300 e. The maximum absolute atomic E-state index is 13.5. The third kappa shape index (κ3) is 6.50. The van der Waals surface area contributed by atoms with Crippen LogP contribution in [0, 0.1) is 23.3 Å². The van der Waals surface area contributed by atoms with Gasteiger partial charge in [-0.2, -0.15) is 16.8 Å². The van der Waals surface area contributed by atoms with E-state index in [0.717, 1.165) is 12.0 Å². The predicted octanol–water partition coefficient (Wildman–Crippen LogP) is 5.45. The van der Waals surface area contributed by atoms with Crippen molar-refractivity contribution >= 4 is 20.2 Å². The zero-order valence-corrected chi connectivity index (χ0v) is 19.4. The minimum absolute atomic E-state index is 0.0513. The van der Waals surface area contributed by atoms with Crippen molar-refractivity contribution in [3.8, 4) is 0 Å². The summed E-state index contributed by atoms with van der Waals surface area (Å²) < 4.78 is 114. The Kier molecular flexibility index (Phi) is 9.39. The van der Waals surface area contributed by atoms with Gasteiger partial charge in [0.2, 0.25) is 0 Å². The van der Waals surface area contributed by atoms with Gasteiger partial charge in [-0.15, -0.1) is 0 Å². The number of rotatable bonds is 6. The zero-order chi connectivity index (χ0) is 25.0. The van der Waals surface area contributed by atoms with E-state index in [1.165, 1.54) is 26.0 Å². The Morgan fingerprint density at radius 2 is 1.12 bits per heavy atom. The summed E-state index contributed by atoms with van der Waals surface area (Å²) in [7, 11) is -9.44. The molecule has 2 N–H and O–H groups in total. The van der Waals surface area contributed by atoms with Crippen molar-refractivity contribution in [2.24, 2.45) is 0 Å². The van der Waals surface area contributed by atoms with Gasteiger partial charge in [-0.3, -0.25) is 9.11 Å². The fraction of sp³-hybridized carbons (Fsp3) is 0.400. The van der Waals surface area contributed by atoms with Crippen LogP contribution >= 0.6 is 0 Å². The van der Waals surface area contributed by atoms with Gasteiger partial charge in [0.05, 0.1) is 4.90 Å². The fourth-order valence-electron chi connectivity index (χ4n) is 2.70. The summed E-state index contributed by atoms with van der Waals surface area (Å²) in [6.07, 6.45) is 1.20. The molecule has 0 saturated carbocycles. The van der Waals surface area contributed by atoms with Crippen molar-refractivity contribution in [1.82, 2.24) is 0 Å². The smallest absolute Gasteiger partial charge is 0.282 e. The molecule has 0 aliphatic rings. The molecule has 0 bridgehead atoms. The second-order valence-electron chi connectivity index (χ2n) is 7.14. The summed E-state index contributed by atoms with van der Waals surface area (Å²) >= 11 is 0. The lowest BCUT2D eigenvalue weighted by atomic mass is 9.97. The summed E-state index contributed by atoms with van der Waals surface area (Å²) in [6, 6.07) is 6.32. The molecule has 2 aromatic rings. The standard InChI is InChI=1S/C10H10F4O3S.C10H14O3S/c1-3-4(2)5-6(11)8(13)10(18(15,16)17)9(14)7(5)12;1-3-8(2)9-4-6-10(7-5-9)14(11,12)13/h4H,3H2,1-2H3,(H,15,16,17);4-8H,3H2,1-2H3,(H,11,12,13). The first-order chi connectivity index (χ1) is 14.6. The Morgan fingerprint density at radius 1 is 0.719 bits per heavy atom. The molecular formula is C20H24F4O6S2. The summed E-state index contributed by atoms with van der Waals surface area (Å²) in [5.74, 6) is -8.29. The van der Waals surface area contributed by atoms with Crippen LogP contribution in [-0.2, 0) is 20.2 Å². The molecule has 0 heterocycles. The minimum Gasteiger partial charge on any atom is -0.282 e. The van der Waals surface area contributed by atoms with E-state index in [0.29, 0.717) is 5.92 Å². The molecular weight excluding hydrogens is 476 g/mol. The van der Waals surface area contributed by atoms with Crippen LogP contribution in [0.4, 0.5) is 17.6 Å². The Hall–Kier alpha value is -2.02. The molecule has 0 aliphatic carbocycles. The quantitative estimate of drug-likeness (QED) is 0.310. The van der Waals surface area contributed by atoms with Crippen molar-refractivity contribution in [3.05, 3.63) is 58.7 Å². The summed E-state index contributed by atoms with van der Waals surface area (Å²) in [4.78, 5) is -2.06. The van der Waals surface area contributed by atoms with E-state index in [1.54, 1.807) is 12.1 Å². The molecule has 0 saturated heterocycles. The SMILES string of the molecule is CCC(C)c1c(F)c(F)c(S(=O)(=O)O)c(F)c1F.CCC(C)c1ccc(S(=O)(=O)O)cc1. The monoisotopic (exact) mass is 500 g/mol. The second-order valence-corrected chi connectivity index (χ2v) is 9.92. The van der Waals surface area contributed by atoms with Gasteiger partial charge < -0.3 is 0 Å². The van der Waals surface area contributed by atoms with Crippen molar-refractivity contribution < 1.29 is 43.5 Å². The van der Waals surface area contributed by atoms with E-state index >= 15 is 0 Å². The highest BCUT2D eigenvalue weighted by Gasteiger charge is 2.33. The van der Waals surface area contributed by atoms with Crippen LogP contribution in [0.3, 0.4) is 0 Å². The first-order valence-electron chi connectivity index (χ1n) is 9.48. The van der Waals surface area contributed by atoms with Crippen molar-refractivity contribution in [3.63, 3.8) is 0 Å². The molecule has 180 valence electrons. The maximum atomic E-state index is 13.5. The highest BCUT2D eigenvalue weighted by atomic mass is 32.2. The van der Waals surface area contributed by atoms with Gasteiger partial charge in [0, 0.05) is 5.56 Å². The zero-order valence-electron chi connectivity index (χ0n) is 17.7. The maximum Gasteiger partial charge on any atom is 0.300 e. The van der Waals surface area contributed by atoms with Gasteiger partial charge in [-0.1, -0.05) is 39.8 Å². The van der Waals surface area contributed by atoms with E-state index in [2.05, 4.69) is 13.8 Å².